The molecule has 0 spiro atoms. The standard InChI is InChI=1S/C27H24N2O6/c1-16-23(13-17-14-24(31-2)25(32-3)15-21(17)28-16)35-19-9-7-18(8-10-19)29-27(30)20-5-4-6-22-26(20)34-12-11-33-22/h4-10,13-15H,11-12H2,1-3H3,(H,29,30). The molecule has 4 aromatic rings. The Bertz CT molecular complexity index is 1400. The molecule has 0 saturated heterocycles. The first-order chi connectivity index (χ1) is 17.1. The molecule has 5 rings (SSSR count). The normalized spacial score (nSPS) is 12.2. The lowest BCUT2D eigenvalue weighted by Gasteiger charge is -2.20. The van der Waals surface area contributed by atoms with Crippen molar-refractivity contribution in [2.24, 2.45) is 0 Å². The molecule has 35 heavy (non-hydrogen) atoms. The summed E-state index contributed by atoms with van der Waals surface area (Å²) in [6.45, 7) is 2.76. The highest BCUT2D eigenvalue weighted by Crippen LogP contribution is 2.36. The fraction of sp³-hybridized carbons (Fsp3) is 0.185. The number of para-hydroxylation sites is 1. The fourth-order valence-electron chi connectivity index (χ4n) is 3.87. The minimum Gasteiger partial charge on any atom is -0.493 e. The summed E-state index contributed by atoms with van der Waals surface area (Å²) in [6, 6.07) is 18.0. The number of anilines is 1. The van der Waals surface area contributed by atoms with Crippen molar-refractivity contribution in [1.82, 2.24) is 4.98 Å². The average molecular weight is 472 g/mol. The SMILES string of the molecule is COc1cc2cc(Oc3ccc(NC(=O)c4cccc5c4OCCO5)cc3)c(C)nc2cc1OC. The van der Waals surface area contributed by atoms with Gasteiger partial charge in [0.15, 0.2) is 23.0 Å². The number of methoxy groups -OCH3 is 2. The van der Waals surface area contributed by atoms with Crippen molar-refractivity contribution in [2.75, 3.05) is 32.8 Å². The molecule has 0 radical (unpaired) electrons. The van der Waals surface area contributed by atoms with Crippen LogP contribution in [-0.4, -0.2) is 38.3 Å². The largest absolute Gasteiger partial charge is 0.493 e. The predicted molar refractivity (Wildman–Crippen MR) is 131 cm³/mol. The number of benzene rings is 3. The van der Waals surface area contributed by atoms with Crippen molar-refractivity contribution in [3.05, 3.63) is 71.9 Å². The van der Waals surface area contributed by atoms with Crippen molar-refractivity contribution < 1.29 is 28.5 Å². The molecule has 1 aliphatic rings. The highest BCUT2D eigenvalue weighted by Gasteiger charge is 2.20. The molecule has 1 amide bonds. The van der Waals surface area contributed by atoms with Crippen LogP contribution < -0.4 is 29.0 Å². The molecule has 0 saturated carbocycles. The number of aromatic nitrogens is 1. The minimum atomic E-state index is -0.278. The maximum atomic E-state index is 12.8. The van der Waals surface area contributed by atoms with Gasteiger partial charge < -0.3 is 29.0 Å². The summed E-state index contributed by atoms with van der Waals surface area (Å²) in [5.41, 5.74) is 2.57. The maximum absolute atomic E-state index is 12.8. The fourth-order valence-corrected chi connectivity index (χ4v) is 3.87. The summed E-state index contributed by atoms with van der Waals surface area (Å²) in [4.78, 5) is 17.5. The predicted octanol–water partition coefficient (Wildman–Crippen LogP) is 5.38. The molecule has 8 heteroatoms. The average Bonchev–Trinajstić information content (AvgIpc) is 2.89. The molecule has 3 aromatic carbocycles. The zero-order valence-corrected chi connectivity index (χ0v) is 19.6. The number of aryl methyl sites for hydroxylation is 1. The number of nitrogens with zero attached hydrogens (tertiary/aromatic N) is 1. The third-order valence-electron chi connectivity index (χ3n) is 5.62. The summed E-state index contributed by atoms with van der Waals surface area (Å²) in [5.74, 6) is 3.23. The van der Waals surface area contributed by atoms with E-state index in [2.05, 4.69) is 10.3 Å². The molecule has 2 heterocycles. The second kappa shape index (κ2) is 9.42. The topological polar surface area (TPSA) is 88.1 Å². The van der Waals surface area contributed by atoms with E-state index < -0.39 is 0 Å². The third-order valence-corrected chi connectivity index (χ3v) is 5.62. The first-order valence-electron chi connectivity index (χ1n) is 11.1. The number of carbonyl (C=O) groups excluding carboxylic acids is 1. The van der Waals surface area contributed by atoms with Crippen LogP contribution in [0.3, 0.4) is 0 Å². The quantitative estimate of drug-likeness (QED) is 0.403. The molecular weight excluding hydrogens is 448 g/mol. The van der Waals surface area contributed by atoms with Crippen LogP contribution in [0.15, 0.2) is 60.7 Å². The van der Waals surface area contributed by atoms with Crippen molar-refractivity contribution >= 4 is 22.5 Å². The number of fused-ring (bicyclic) bond motifs is 2. The van der Waals surface area contributed by atoms with E-state index in [9.17, 15) is 4.79 Å². The summed E-state index contributed by atoms with van der Waals surface area (Å²) in [6.07, 6.45) is 0. The van der Waals surface area contributed by atoms with Gasteiger partial charge in [-0.25, -0.2) is 4.98 Å². The molecule has 8 nitrogen and oxygen atoms in total. The van der Waals surface area contributed by atoms with E-state index in [1.165, 1.54) is 0 Å². The van der Waals surface area contributed by atoms with Crippen LogP contribution in [0.5, 0.6) is 34.5 Å². The number of rotatable bonds is 6. The van der Waals surface area contributed by atoms with Crippen molar-refractivity contribution in [3.8, 4) is 34.5 Å². The Morgan fingerprint density at radius 2 is 1.63 bits per heavy atom. The lowest BCUT2D eigenvalue weighted by Crippen LogP contribution is -2.20. The van der Waals surface area contributed by atoms with Crippen LogP contribution in [0.2, 0.25) is 0 Å². The van der Waals surface area contributed by atoms with Crippen LogP contribution in [0.1, 0.15) is 16.1 Å². The van der Waals surface area contributed by atoms with E-state index in [1.54, 1.807) is 56.7 Å². The van der Waals surface area contributed by atoms with Crippen LogP contribution in [-0.2, 0) is 0 Å². The van der Waals surface area contributed by atoms with Crippen LogP contribution in [0.4, 0.5) is 5.69 Å². The molecule has 178 valence electrons. The molecule has 0 atom stereocenters. The van der Waals surface area contributed by atoms with Gasteiger partial charge in [0.05, 0.1) is 31.0 Å². The minimum absolute atomic E-state index is 0.278. The number of hydrogen-bond donors (Lipinski definition) is 1. The first-order valence-corrected chi connectivity index (χ1v) is 11.1. The molecule has 0 unspecified atom stereocenters. The van der Waals surface area contributed by atoms with Gasteiger partial charge in [-0.3, -0.25) is 4.79 Å². The van der Waals surface area contributed by atoms with Gasteiger partial charge in [-0.05, 0) is 55.5 Å². The number of nitrogens with one attached hydrogen (secondary N) is 1. The Kier molecular flexibility index (Phi) is 6.01. The van der Waals surface area contributed by atoms with Crippen molar-refractivity contribution in [2.45, 2.75) is 6.92 Å². The molecule has 1 aromatic heterocycles. The molecule has 0 fully saturated rings. The Labute approximate surface area is 202 Å². The highest BCUT2D eigenvalue weighted by molar-refractivity contribution is 6.06. The Balaban J connectivity index is 1.33. The summed E-state index contributed by atoms with van der Waals surface area (Å²) < 4.78 is 28.0. The van der Waals surface area contributed by atoms with E-state index in [-0.39, 0.29) is 5.91 Å². The Morgan fingerprint density at radius 3 is 2.40 bits per heavy atom. The number of pyridine rings is 1. The molecule has 0 aliphatic carbocycles. The number of hydrogen-bond acceptors (Lipinski definition) is 7. The second-order valence-corrected chi connectivity index (χ2v) is 7.88. The summed E-state index contributed by atoms with van der Waals surface area (Å²) >= 11 is 0. The summed E-state index contributed by atoms with van der Waals surface area (Å²) in [5, 5.41) is 3.76. The van der Waals surface area contributed by atoms with Gasteiger partial charge in [-0.2, -0.15) is 0 Å². The highest BCUT2D eigenvalue weighted by atomic mass is 16.6. The van der Waals surface area contributed by atoms with Gasteiger partial charge in [0.25, 0.3) is 5.91 Å². The number of amides is 1. The first kappa shape index (κ1) is 22.3. The second-order valence-electron chi connectivity index (χ2n) is 7.88. The van der Waals surface area contributed by atoms with Crippen LogP contribution in [0, 0.1) is 6.92 Å². The van der Waals surface area contributed by atoms with E-state index in [1.807, 2.05) is 25.1 Å². The number of ether oxygens (including phenoxy) is 5. The smallest absolute Gasteiger partial charge is 0.259 e. The van der Waals surface area contributed by atoms with E-state index in [4.69, 9.17) is 23.7 Å². The van der Waals surface area contributed by atoms with Gasteiger partial charge >= 0.3 is 0 Å². The monoisotopic (exact) mass is 472 g/mol. The van der Waals surface area contributed by atoms with Crippen LogP contribution in [0.25, 0.3) is 10.9 Å². The zero-order valence-electron chi connectivity index (χ0n) is 19.6. The molecule has 1 aliphatic heterocycles. The third kappa shape index (κ3) is 4.50. The van der Waals surface area contributed by atoms with Gasteiger partial charge in [0.1, 0.15) is 24.7 Å². The van der Waals surface area contributed by atoms with E-state index in [0.29, 0.717) is 59.0 Å². The lowest BCUT2D eigenvalue weighted by molar-refractivity contribution is 0.101. The molecule has 1 N–H and O–H groups in total. The number of carbonyl (C=O) groups is 1. The molecule has 0 bridgehead atoms. The van der Waals surface area contributed by atoms with Gasteiger partial charge in [-0.1, -0.05) is 6.07 Å². The van der Waals surface area contributed by atoms with E-state index >= 15 is 0 Å². The summed E-state index contributed by atoms with van der Waals surface area (Å²) in [7, 11) is 3.19. The molecular formula is C27H24N2O6. The van der Waals surface area contributed by atoms with Crippen molar-refractivity contribution in [3.63, 3.8) is 0 Å². The van der Waals surface area contributed by atoms with Crippen LogP contribution >= 0.6 is 0 Å². The van der Waals surface area contributed by atoms with Crippen molar-refractivity contribution in [1.29, 1.82) is 0 Å². The lowest BCUT2D eigenvalue weighted by atomic mass is 10.1. The van der Waals surface area contributed by atoms with E-state index in [0.717, 1.165) is 16.6 Å². The Hall–Kier alpha value is -4.46. The van der Waals surface area contributed by atoms with Gasteiger partial charge in [0, 0.05) is 17.1 Å². The van der Waals surface area contributed by atoms with Gasteiger partial charge in [-0.15, -0.1) is 0 Å². The van der Waals surface area contributed by atoms with Gasteiger partial charge in [0.2, 0.25) is 0 Å². The Morgan fingerprint density at radius 1 is 0.914 bits per heavy atom. The zero-order chi connectivity index (χ0) is 24.4. The maximum Gasteiger partial charge on any atom is 0.259 e.